The predicted octanol–water partition coefficient (Wildman–Crippen LogP) is 6.51. The van der Waals surface area contributed by atoms with Crippen molar-refractivity contribution in [1.29, 1.82) is 0 Å². The van der Waals surface area contributed by atoms with Crippen LogP contribution in [0, 0.1) is 12.8 Å². The summed E-state index contributed by atoms with van der Waals surface area (Å²) >= 11 is 18.6. The SMILES string of the molecule is Cc1cc(Cl)c(OCCOc2ccc(CC(C=O)C(N)N3CCCc4cc(Cl)ccc43)cc2)c(Cl)c1. The Balaban J connectivity index is 1.31. The lowest BCUT2D eigenvalue weighted by molar-refractivity contribution is -0.111. The van der Waals surface area contributed by atoms with Crippen molar-refractivity contribution in [2.75, 3.05) is 24.7 Å². The first-order chi connectivity index (χ1) is 17.4. The summed E-state index contributed by atoms with van der Waals surface area (Å²) in [7, 11) is 0. The maximum Gasteiger partial charge on any atom is 0.156 e. The van der Waals surface area contributed by atoms with Crippen LogP contribution in [0.5, 0.6) is 11.5 Å². The lowest BCUT2D eigenvalue weighted by Crippen LogP contribution is -2.50. The number of ether oxygens (including phenoxy) is 2. The summed E-state index contributed by atoms with van der Waals surface area (Å²) in [5.41, 5.74) is 10.8. The largest absolute Gasteiger partial charge is 0.490 e. The quantitative estimate of drug-likeness (QED) is 0.232. The molecule has 1 aliphatic rings. The number of hydrogen-bond acceptors (Lipinski definition) is 5. The van der Waals surface area contributed by atoms with E-state index in [4.69, 9.17) is 50.0 Å². The van der Waals surface area contributed by atoms with Crippen molar-refractivity contribution in [2.45, 2.75) is 32.4 Å². The number of nitrogens with two attached hydrogens (primary N) is 1. The Morgan fingerprint density at radius 2 is 1.69 bits per heavy atom. The van der Waals surface area contributed by atoms with Crippen molar-refractivity contribution in [2.24, 2.45) is 11.7 Å². The number of carbonyl (C=O) groups excluding carboxylic acids is 1. The number of aldehydes is 1. The van der Waals surface area contributed by atoms with Crippen molar-refractivity contribution in [3.05, 3.63) is 86.4 Å². The lowest BCUT2D eigenvalue weighted by atomic mass is 9.94. The highest BCUT2D eigenvalue weighted by atomic mass is 35.5. The van der Waals surface area contributed by atoms with Crippen molar-refractivity contribution >= 4 is 46.8 Å². The van der Waals surface area contributed by atoms with Gasteiger partial charge < -0.3 is 24.9 Å². The van der Waals surface area contributed by atoms with E-state index in [1.165, 1.54) is 5.56 Å². The molecule has 3 aromatic rings. The average molecular weight is 548 g/mol. The van der Waals surface area contributed by atoms with Gasteiger partial charge >= 0.3 is 0 Å². The molecule has 0 aromatic heterocycles. The summed E-state index contributed by atoms with van der Waals surface area (Å²) in [6.45, 7) is 3.37. The maximum absolute atomic E-state index is 12.0. The molecular formula is C28H29Cl3N2O3. The van der Waals surface area contributed by atoms with Gasteiger partial charge in [0.25, 0.3) is 0 Å². The number of rotatable bonds is 10. The van der Waals surface area contributed by atoms with Crippen LogP contribution in [0.1, 0.15) is 23.1 Å². The molecule has 3 aromatic carbocycles. The van der Waals surface area contributed by atoms with Crippen LogP contribution < -0.4 is 20.1 Å². The van der Waals surface area contributed by atoms with E-state index in [0.29, 0.717) is 46.2 Å². The highest BCUT2D eigenvalue weighted by Gasteiger charge is 2.28. The highest BCUT2D eigenvalue weighted by Crippen LogP contribution is 2.34. The van der Waals surface area contributed by atoms with Gasteiger partial charge in [-0.25, -0.2) is 0 Å². The molecule has 0 fully saturated rings. The smallest absolute Gasteiger partial charge is 0.156 e. The van der Waals surface area contributed by atoms with Gasteiger partial charge in [-0.2, -0.15) is 0 Å². The van der Waals surface area contributed by atoms with Crippen LogP contribution >= 0.6 is 34.8 Å². The molecule has 0 aliphatic carbocycles. The Bertz CT molecular complexity index is 1180. The fourth-order valence-electron chi connectivity index (χ4n) is 4.51. The summed E-state index contributed by atoms with van der Waals surface area (Å²) in [4.78, 5) is 14.1. The van der Waals surface area contributed by atoms with Gasteiger partial charge in [0.2, 0.25) is 0 Å². The molecule has 0 saturated carbocycles. The molecule has 190 valence electrons. The molecule has 1 heterocycles. The van der Waals surface area contributed by atoms with Gasteiger partial charge in [-0.3, -0.25) is 0 Å². The number of fused-ring (bicyclic) bond motifs is 1. The topological polar surface area (TPSA) is 64.8 Å². The molecule has 2 unspecified atom stereocenters. The van der Waals surface area contributed by atoms with Gasteiger partial charge in [0.05, 0.1) is 22.1 Å². The molecule has 2 atom stereocenters. The van der Waals surface area contributed by atoms with E-state index in [2.05, 4.69) is 4.90 Å². The molecule has 0 saturated heterocycles. The normalized spacial score (nSPS) is 14.6. The van der Waals surface area contributed by atoms with Crippen LogP contribution in [0.15, 0.2) is 54.6 Å². The number of anilines is 1. The monoisotopic (exact) mass is 546 g/mol. The van der Waals surface area contributed by atoms with E-state index in [9.17, 15) is 4.79 Å². The zero-order chi connectivity index (χ0) is 25.7. The molecule has 36 heavy (non-hydrogen) atoms. The second-order valence-corrected chi connectivity index (χ2v) is 10.2. The number of aryl methyl sites for hydroxylation is 2. The molecule has 1 aliphatic heterocycles. The summed E-state index contributed by atoms with van der Waals surface area (Å²) in [6, 6.07) is 17.1. The fraction of sp³-hybridized carbons (Fsp3) is 0.321. The van der Waals surface area contributed by atoms with E-state index in [1.807, 2.05) is 49.4 Å². The minimum atomic E-state index is -0.420. The van der Waals surface area contributed by atoms with Crippen molar-refractivity contribution in [1.82, 2.24) is 0 Å². The van der Waals surface area contributed by atoms with Crippen LogP contribution in [0.25, 0.3) is 0 Å². The first-order valence-electron chi connectivity index (χ1n) is 11.9. The average Bonchev–Trinajstić information content (AvgIpc) is 2.86. The number of hydrogen-bond donors (Lipinski definition) is 1. The van der Waals surface area contributed by atoms with Crippen LogP contribution in [0.4, 0.5) is 5.69 Å². The number of halogens is 3. The Labute approximate surface area is 227 Å². The predicted molar refractivity (Wildman–Crippen MR) is 147 cm³/mol. The summed E-state index contributed by atoms with van der Waals surface area (Å²) in [5, 5.41) is 1.67. The van der Waals surface area contributed by atoms with Crippen molar-refractivity contribution in [3.8, 4) is 11.5 Å². The van der Waals surface area contributed by atoms with Gasteiger partial charge in [-0.1, -0.05) is 46.9 Å². The second-order valence-electron chi connectivity index (χ2n) is 8.96. The Hall–Kier alpha value is -2.44. The van der Waals surface area contributed by atoms with Crippen LogP contribution in [-0.2, 0) is 17.6 Å². The Kier molecular flexibility index (Phi) is 9.02. The van der Waals surface area contributed by atoms with Gasteiger partial charge in [-0.05, 0) is 85.3 Å². The van der Waals surface area contributed by atoms with Gasteiger partial charge in [0, 0.05) is 17.3 Å². The molecule has 0 bridgehead atoms. The summed E-state index contributed by atoms with van der Waals surface area (Å²) in [6.07, 6.45) is 3.01. The molecule has 4 rings (SSSR count). The Morgan fingerprint density at radius 1 is 1.00 bits per heavy atom. The van der Waals surface area contributed by atoms with Crippen LogP contribution in [0.3, 0.4) is 0 Å². The number of carbonyl (C=O) groups is 1. The first kappa shape index (κ1) is 26.6. The van der Waals surface area contributed by atoms with Crippen LogP contribution in [-0.4, -0.2) is 32.2 Å². The van der Waals surface area contributed by atoms with E-state index in [1.54, 1.807) is 12.1 Å². The molecule has 2 N–H and O–H groups in total. The van der Waals surface area contributed by atoms with Crippen LogP contribution in [0.2, 0.25) is 15.1 Å². The van der Waals surface area contributed by atoms with Gasteiger partial charge in [0.1, 0.15) is 25.2 Å². The summed E-state index contributed by atoms with van der Waals surface area (Å²) < 4.78 is 11.5. The summed E-state index contributed by atoms with van der Waals surface area (Å²) in [5.74, 6) is 0.812. The fourth-order valence-corrected chi connectivity index (χ4v) is 5.41. The first-order valence-corrected chi connectivity index (χ1v) is 13.0. The molecule has 5 nitrogen and oxygen atoms in total. The highest BCUT2D eigenvalue weighted by molar-refractivity contribution is 6.37. The zero-order valence-electron chi connectivity index (χ0n) is 20.1. The zero-order valence-corrected chi connectivity index (χ0v) is 22.3. The minimum Gasteiger partial charge on any atom is -0.490 e. The lowest BCUT2D eigenvalue weighted by Gasteiger charge is -2.38. The molecule has 0 spiro atoms. The molecular weight excluding hydrogens is 519 g/mol. The van der Waals surface area contributed by atoms with E-state index in [0.717, 1.165) is 42.5 Å². The van der Waals surface area contributed by atoms with Crippen molar-refractivity contribution in [3.63, 3.8) is 0 Å². The molecule has 0 radical (unpaired) electrons. The van der Waals surface area contributed by atoms with E-state index >= 15 is 0 Å². The maximum atomic E-state index is 12.0. The van der Waals surface area contributed by atoms with Crippen molar-refractivity contribution < 1.29 is 14.3 Å². The number of benzene rings is 3. The minimum absolute atomic E-state index is 0.300. The third kappa shape index (κ3) is 6.46. The number of nitrogens with zero attached hydrogens (tertiary/aromatic N) is 1. The third-order valence-corrected chi connectivity index (χ3v) is 7.10. The van der Waals surface area contributed by atoms with E-state index in [-0.39, 0.29) is 5.92 Å². The van der Waals surface area contributed by atoms with Gasteiger partial charge in [-0.15, -0.1) is 0 Å². The third-order valence-electron chi connectivity index (χ3n) is 6.31. The standard InChI is InChI=1S/C28H29Cl3N2O3/c1-18-13-24(30)27(25(31)14-18)36-12-11-35-23-7-4-19(5-8-23)15-21(17-34)28(32)33-10-2-3-20-16-22(29)6-9-26(20)33/h4-9,13-14,16-17,21,28H,2-3,10-12,15,32H2,1H3. The van der Waals surface area contributed by atoms with Gasteiger partial charge in [0.15, 0.2) is 5.75 Å². The molecule has 8 heteroatoms. The Morgan fingerprint density at radius 3 is 2.39 bits per heavy atom. The molecule has 0 amide bonds. The van der Waals surface area contributed by atoms with E-state index < -0.39 is 6.17 Å². The second kappa shape index (κ2) is 12.2.